The zero-order chi connectivity index (χ0) is 19.2. The van der Waals surface area contributed by atoms with E-state index in [0.717, 1.165) is 27.8 Å². The first-order chi connectivity index (χ1) is 12.8. The summed E-state index contributed by atoms with van der Waals surface area (Å²) in [5.41, 5.74) is 3.65. The molecule has 5 nitrogen and oxygen atoms in total. The van der Waals surface area contributed by atoms with Crippen LogP contribution < -0.4 is 0 Å². The second-order valence-electron chi connectivity index (χ2n) is 8.04. The van der Waals surface area contributed by atoms with Gasteiger partial charge in [-0.1, -0.05) is 62.1 Å². The van der Waals surface area contributed by atoms with Gasteiger partial charge in [-0.2, -0.15) is 0 Å². The van der Waals surface area contributed by atoms with Crippen LogP contribution in [0.15, 0.2) is 28.6 Å². The average Bonchev–Trinajstić information content (AvgIpc) is 3.20. The van der Waals surface area contributed by atoms with E-state index in [1.807, 2.05) is 6.92 Å². The Morgan fingerprint density at radius 1 is 1.33 bits per heavy atom. The van der Waals surface area contributed by atoms with Gasteiger partial charge in [0.25, 0.3) is 0 Å². The van der Waals surface area contributed by atoms with E-state index < -0.39 is 0 Å². The number of aryl methyl sites for hydroxylation is 1. The molecule has 0 radical (unpaired) electrons. The molecule has 1 aliphatic rings. The molecule has 3 aromatic rings. The first kappa shape index (κ1) is 18.5. The summed E-state index contributed by atoms with van der Waals surface area (Å²) in [6, 6.07) is 8.47. The summed E-state index contributed by atoms with van der Waals surface area (Å²) < 4.78 is 0.858. The van der Waals surface area contributed by atoms with E-state index in [0.29, 0.717) is 5.75 Å². The molecule has 1 aromatic carbocycles. The average molecular weight is 401 g/mol. The highest BCUT2D eigenvalue weighted by atomic mass is 32.2. The lowest BCUT2D eigenvalue weighted by molar-refractivity contribution is -0.134. The molecule has 1 amide bonds. The fourth-order valence-electron chi connectivity index (χ4n) is 3.95. The Labute approximate surface area is 167 Å². The van der Waals surface area contributed by atoms with Crippen molar-refractivity contribution >= 4 is 39.9 Å². The second kappa shape index (κ2) is 6.95. The summed E-state index contributed by atoms with van der Waals surface area (Å²) in [6.45, 7) is 9.31. The van der Waals surface area contributed by atoms with E-state index in [1.54, 1.807) is 0 Å². The van der Waals surface area contributed by atoms with Gasteiger partial charge in [0.2, 0.25) is 5.91 Å². The molecule has 0 saturated heterocycles. The van der Waals surface area contributed by atoms with Crippen molar-refractivity contribution in [2.24, 2.45) is 5.41 Å². The third-order valence-electron chi connectivity index (χ3n) is 5.00. The first-order valence-electron chi connectivity index (χ1n) is 9.16. The normalized spacial score (nSPS) is 17.3. The highest BCUT2D eigenvalue weighted by Gasteiger charge is 2.40. The van der Waals surface area contributed by atoms with Crippen molar-refractivity contribution in [1.82, 2.24) is 20.1 Å². The van der Waals surface area contributed by atoms with Gasteiger partial charge in [0.05, 0.1) is 11.8 Å². The summed E-state index contributed by atoms with van der Waals surface area (Å²) in [4.78, 5) is 18.8. The van der Waals surface area contributed by atoms with E-state index in [1.165, 1.54) is 39.7 Å². The number of rotatable bonds is 3. The molecule has 0 saturated carbocycles. The molecule has 2 aromatic heterocycles. The summed E-state index contributed by atoms with van der Waals surface area (Å²) in [5, 5.41) is 10.4. The zero-order valence-electron chi connectivity index (χ0n) is 16.1. The second-order valence-corrected chi connectivity index (χ2v) is 10.4. The molecule has 3 heterocycles. The number of carbonyl (C=O) groups excluding carboxylic acids is 1. The van der Waals surface area contributed by atoms with Crippen LogP contribution in [0, 0.1) is 12.3 Å². The highest BCUT2D eigenvalue weighted by molar-refractivity contribution is 8.01. The van der Waals surface area contributed by atoms with Crippen LogP contribution >= 0.6 is 23.1 Å². The van der Waals surface area contributed by atoms with E-state index in [-0.39, 0.29) is 17.4 Å². The topological polar surface area (TPSA) is 61.9 Å². The Hall–Kier alpha value is -1.86. The molecule has 27 heavy (non-hydrogen) atoms. The number of nitrogens with one attached hydrogen (secondary N) is 1. The summed E-state index contributed by atoms with van der Waals surface area (Å²) >= 11 is 3.02. The molecule has 1 aliphatic heterocycles. The van der Waals surface area contributed by atoms with Gasteiger partial charge in [-0.3, -0.25) is 4.79 Å². The van der Waals surface area contributed by atoms with E-state index >= 15 is 0 Å². The summed E-state index contributed by atoms with van der Waals surface area (Å²) in [7, 11) is 0. The van der Waals surface area contributed by atoms with E-state index in [2.05, 4.69) is 65.1 Å². The molecule has 0 unspecified atom stereocenters. The smallest absolute Gasteiger partial charge is 0.233 e. The minimum atomic E-state index is -0.0598. The lowest BCUT2D eigenvalue weighted by atomic mass is 9.79. The Morgan fingerprint density at radius 2 is 2.11 bits per heavy atom. The maximum absolute atomic E-state index is 13.1. The molecule has 0 aliphatic carbocycles. The van der Waals surface area contributed by atoms with Gasteiger partial charge < -0.3 is 9.88 Å². The van der Waals surface area contributed by atoms with Crippen molar-refractivity contribution in [2.75, 3.05) is 12.3 Å². The fraction of sp³-hybridized carbons (Fsp3) is 0.450. The molecule has 0 fully saturated rings. The number of nitrogens with zero attached hydrogens (tertiary/aromatic N) is 3. The van der Waals surface area contributed by atoms with Crippen molar-refractivity contribution in [3.8, 4) is 0 Å². The highest BCUT2D eigenvalue weighted by Crippen LogP contribution is 2.44. The molecule has 4 rings (SSSR count). The van der Waals surface area contributed by atoms with Gasteiger partial charge in [-0.25, -0.2) is 0 Å². The number of fused-ring (bicyclic) bond motifs is 3. The van der Waals surface area contributed by atoms with Gasteiger partial charge in [-0.15, -0.1) is 10.2 Å². The number of hydrogen-bond acceptors (Lipinski definition) is 5. The lowest BCUT2D eigenvalue weighted by Crippen LogP contribution is -2.46. The molecule has 0 spiro atoms. The molecule has 7 heteroatoms. The number of para-hydroxylation sites is 1. The summed E-state index contributed by atoms with van der Waals surface area (Å²) in [6.07, 6.45) is 0.889. The van der Waals surface area contributed by atoms with Crippen molar-refractivity contribution in [3.63, 3.8) is 0 Å². The van der Waals surface area contributed by atoms with Crippen LogP contribution in [0.5, 0.6) is 0 Å². The van der Waals surface area contributed by atoms with E-state index in [4.69, 9.17) is 0 Å². The maximum atomic E-state index is 13.1. The largest absolute Gasteiger partial charge is 0.356 e. The number of thioether (sulfide) groups is 1. The monoisotopic (exact) mass is 400 g/mol. The van der Waals surface area contributed by atoms with Gasteiger partial charge in [0.15, 0.2) is 4.34 Å². The SMILES string of the molecule is Cc1nnc(SCC(=O)N2CCc3c([nH]c4ccccc34)[C@H]2C(C)(C)C)s1. The lowest BCUT2D eigenvalue weighted by Gasteiger charge is -2.43. The number of aromatic nitrogens is 3. The molecular weight excluding hydrogens is 376 g/mol. The van der Waals surface area contributed by atoms with Gasteiger partial charge in [-0.05, 0) is 30.4 Å². The minimum absolute atomic E-state index is 0.0397. The molecule has 0 bridgehead atoms. The number of carbonyl (C=O) groups is 1. The molecular formula is C20H24N4OS2. The van der Waals surface area contributed by atoms with E-state index in [9.17, 15) is 4.79 Å². The Balaban J connectivity index is 1.63. The minimum Gasteiger partial charge on any atom is -0.356 e. The molecule has 142 valence electrons. The predicted octanol–water partition coefficient (Wildman–Crippen LogP) is 4.59. The third-order valence-corrected chi connectivity index (χ3v) is 6.96. The number of hydrogen-bond donors (Lipinski definition) is 1. The Morgan fingerprint density at radius 3 is 2.81 bits per heavy atom. The summed E-state index contributed by atoms with van der Waals surface area (Å²) in [5.74, 6) is 0.564. The number of aromatic amines is 1. The van der Waals surface area contributed by atoms with Gasteiger partial charge in [0.1, 0.15) is 5.01 Å². The van der Waals surface area contributed by atoms with Crippen LogP contribution in [-0.4, -0.2) is 38.3 Å². The first-order valence-corrected chi connectivity index (χ1v) is 11.0. The van der Waals surface area contributed by atoms with Crippen LogP contribution in [0.2, 0.25) is 0 Å². The Bertz CT molecular complexity index is 985. The van der Waals surface area contributed by atoms with Crippen LogP contribution in [0.3, 0.4) is 0 Å². The number of benzene rings is 1. The standard InChI is InChI=1S/C20H24N4OS2/c1-12-22-23-19(27-12)26-11-16(25)24-10-9-14-13-7-5-6-8-15(13)21-17(14)18(24)20(2,3)4/h5-8,18,21H,9-11H2,1-4H3/t18-/m0/s1. The van der Waals surface area contributed by atoms with Crippen LogP contribution in [-0.2, 0) is 11.2 Å². The van der Waals surface area contributed by atoms with Crippen molar-refractivity contribution < 1.29 is 4.79 Å². The molecule has 1 N–H and O–H groups in total. The quantitative estimate of drug-likeness (QED) is 0.653. The Kier molecular flexibility index (Phi) is 4.76. The maximum Gasteiger partial charge on any atom is 0.233 e. The van der Waals surface area contributed by atoms with Gasteiger partial charge in [0, 0.05) is 23.1 Å². The molecule has 1 atom stereocenters. The predicted molar refractivity (Wildman–Crippen MR) is 111 cm³/mol. The van der Waals surface area contributed by atoms with Gasteiger partial charge >= 0.3 is 0 Å². The zero-order valence-corrected chi connectivity index (χ0v) is 17.7. The third kappa shape index (κ3) is 3.50. The van der Waals surface area contributed by atoms with Crippen molar-refractivity contribution in [2.45, 2.75) is 44.5 Å². The van der Waals surface area contributed by atoms with Crippen molar-refractivity contribution in [1.29, 1.82) is 0 Å². The van der Waals surface area contributed by atoms with Crippen molar-refractivity contribution in [3.05, 3.63) is 40.5 Å². The number of amides is 1. The number of H-pyrrole nitrogens is 1. The van der Waals surface area contributed by atoms with Crippen LogP contribution in [0.4, 0.5) is 0 Å². The van der Waals surface area contributed by atoms with Crippen LogP contribution in [0.1, 0.15) is 43.1 Å². The fourth-order valence-corrected chi connectivity index (χ4v) is 5.65. The van der Waals surface area contributed by atoms with Crippen LogP contribution in [0.25, 0.3) is 10.9 Å².